The SMILES string of the molecule is Cc1nn(-c2[c-]c(Oc3[c-]c4c(cc3)c3ccccc3n4-c3cc(C(C)C)ccn3)cc(C(C)C)c2)c(C)c1-c1c(C(C)C)cc(C(C)C)cc1C(C)C.[Pt+2]. The van der Waals surface area contributed by atoms with Gasteiger partial charge >= 0.3 is 21.1 Å². The summed E-state index contributed by atoms with van der Waals surface area (Å²) in [5.74, 6) is 3.99. The fourth-order valence-electron chi connectivity index (χ4n) is 7.74. The predicted octanol–water partition coefficient (Wildman–Crippen LogP) is 13.7. The normalized spacial score (nSPS) is 11.9. The Morgan fingerprint density at radius 1 is 0.600 bits per heavy atom. The fraction of sp³-hybridized carbons (Fsp3) is 0.347. The van der Waals surface area contributed by atoms with Crippen LogP contribution in [-0.4, -0.2) is 19.3 Å². The Morgan fingerprint density at radius 3 is 1.87 bits per heavy atom. The van der Waals surface area contributed by atoms with Crippen molar-refractivity contribution in [3.63, 3.8) is 0 Å². The van der Waals surface area contributed by atoms with Crippen LogP contribution in [0, 0.1) is 26.0 Å². The molecule has 55 heavy (non-hydrogen) atoms. The van der Waals surface area contributed by atoms with E-state index in [0.717, 1.165) is 50.3 Å². The molecule has 3 aromatic heterocycles. The maximum atomic E-state index is 6.70. The van der Waals surface area contributed by atoms with Crippen LogP contribution in [0.4, 0.5) is 0 Å². The van der Waals surface area contributed by atoms with Crippen molar-refractivity contribution in [2.24, 2.45) is 0 Å². The summed E-state index contributed by atoms with van der Waals surface area (Å²) >= 11 is 0. The van der Waals surface area contributed by atoms with E-state index in [9.17, 15) is 0 Å². The van der Waals surface area contributed by atoms with Crippen LogP contribution in [-0.2, 0) is 21.1 Å². The molecule has 0 saturated carbocycles. The van der Waals surface area contributed by atoms with Gasteiger partial charge in [0.1, 0.15) is 5.82 Å². The van der Waals surface area contributed by atoms with Crippen LogP contribution in [0.15, 0.2) is 79.0 Å². The van der Waals surface area contributed by atoms with Gasteiger partial charge in [-0.15, -0.1) is 41.3 Å². The summed E-state index contributed by atoms with van der Waals surface area (Å²) in [5, 5.41) is 7.47. The maximum absolute atomic E-state index is 6.70. The number of hydrogen-bond donors (Lipinski definition) is 0. The molecule has 286 valence electrons. The minimum atomic E-state index is 0. The van der Waals surface area contributed by atoms with Crippen molar-refractivity contribution < 1.29 is 25.8 Å². The van der Waals surface area contributed by atoms with Crippen LogP contribution in [0.5, 0.6) is 11.5 Å². The Balaban J connectivity index is 0.00000514. The smallest absolute Gasteiger partial charge is 0.509 e. The molecule has 0 amide bonds. The number of ether oxygens (including phenoxy) is 1. The fourth-order valence-corrected chi connectivity index (χ4v) is 7.74. The average Bonchev–Trinajstić information content (AvgIpc) is 3.62. The number of para-hydroxylation sites is 1. The minimum absolute atomic E-state index is 0. The number of rotatable bonds is 10. The molecule has 0 atom stereocenters. The van der Waals surface area contributed by atoms with Gasteiger partial charge in [-0.3, -0.25) is 4.68 Å². The molecular formula is C49H54N4OPt. The molecule has 0 bridgehead atoms. The molecule has 0 saturated heterocycles. The summed E-state index contributed by atoms with van der Waals surface area (Å²) < 4.78 is 11.0. The largest absolute Gasteiger partial charge is 2.00 e. The van der Waals surface area contributed by atoms with E-state index in [4.69, 9.17) is 14.8 Å². The Morgan fingerprint density at radius 2 is 1.24 bits per heavy atom. The molecule has 7 aromatic rings. The van der Waals surface area contributed by atoms with Gasteiger partial charge in [-0.1, -0.05) is 105 Å². The zero-order chi connectivity index (χ0) is 38.6. The van der Waals surface area contributed by atoms with E-state index in [1.54, 1.807) is 0 Å². The van der Waals surface area contributed by atoms with E-state index in [0.29, 0.717) is 35.2 Å². The third kappa shape index (κ3) is 7.58. The molecule has 0 radical (unpaired) electrons. The first-order valence-corrected chi connectivity index (χ1v) is 19.6. The number of benzene rings is 4. The second-order valence-electron chi connectivity index (χ2n) is 16.5. The van der Waals surface area contributed by atoms with Gasteiger partial charge in [0, 0.05) is 34.5 Å². The maximum Gasteiger partial charge on any atom is 2.00 e. The Kier molecular flexibility index (Phi) is 11.7. The number of aryl methyl sites for hydroxylation is 1. The third-order valence-corrected chi connectivity index (χ3v) is 10.9. The molecule has 0 aliphatic rings. The van der Waals surface area contributed by atoms with Crippen molar-refractivity contribution in [2.75, 3.05) is 0 Å². The number of aromatic nitrogens is 4. The molecule has 7 rings (SSSR count). The second-order valence-corrected chi connectivity index (χ2v) is 16.5. The third-order valence-electron chi connectivity index (χ3n) is 10.9. The second kappa shape index (κ2) is 15.9. The van der Waals surface area contributed by atoms with Gasteiger partial charge in [0.2, 0.25) is 0 Å². The zero-order valence-electron chi connectivity index (χ0n) is 34.4. The molecule has 0 aliphatic heterocycles. The summed E-state index contributed by atoms with van der Waals surface area (Å²) in [7, 11) is 0. The summed E-state index contributed by atoms with van der Waals surface area (Å²) in [5.41, 5.74) is 14.1. The van der Waals surface area contributed by atoms with Crippen molar-refractivity contribution in [2.45, 2.75) is 113 Å². The predicted molar refractivity (Wildman–Crippen MR) is 225 cm³/mol. The van der Waals surface area contributed by atoms with Crippen LogP contribution in [0.3, 0.4) is 0 Å². The molecule has 6 heteroatoms. The van der Waals surface area contributed by atoms with Crippen LogP contribution >= 0.6 is 0 Å². The van der Waals surface area contributed by atoms with E-state index >= 15 is 0 Å². The standard InChI is InChI=1S/C49H54N4O.Pt/c1-28(2)35-19-20-50-47(25-35)52-45-16-14-13-15-41(45)42-18-17-39(27-46(42)52)54-40-22-36(29(3)4)21-38(26-40)53-34(12)48(33(11)51-53)49-43(31(7)8)23-37(30(5)6)24-44(49)32(9)10;/h13-25,28-32H,1-12H3;/q-2;+2. The topological polar surface area (TPSA) is 44.9 Å². The molecule has 5 nitrogen and oxygen atoms in total. The van der Waals surface area contributed by atoms with Gasteiger partial charge in [0.25, 0.3) is 0 Å². The van der Waals surface area contributed by atoms with Crippen LogP contribution < -0.4 is 4.74 Å². The van der Waals surface area contributed by atoms with Crippen molar-refractivity contribution in [1.82, 2.24) is 19.3 Å². The van der Waals surface area contributed by atoms with Gasteiger partial charge in [-0.25, -0.2) is 4.98 Å². The average molecular weight is 910 g/mol. The Bertz CT molecular complexity index is 2470. The summed E-state index contributed by atoms with van der Waals surface area (Å²) in [4.78, 5) is 4.82. The molecule has 3 heterocycles. The zero-order valence-corrected chi connectivity index (χ0v) is 36.7. The molecule has 0 N–H and O–H groups in total. The van der Waals surface area contributed by atoms with Crippen molar-refractivity contribution in [3.8, 4) is 34.1 Å². The van der Waals surface area contributed by atoms with E-state index in [2.05, 4.69) is 171 Å². The van der Waals surface area contributed by atoms with Gasteiger partial charge in [-0.2, -0.15) is 11.2 Å². The molecule has 0 unspecified atom stereocenters. The Hall–Kier alpha value is -4.47. The first kappa shape index (κ1) is 40.2. The molecular weight excluding hydrogens is 856 g/mol. The van der Waals surface area contributed by atoms with Gasteiger partial charge in [-0.05, 0) is 101 Å². The minimum Gasteiger partial charge on any atom is -0.509 e. The number of fused-ring (bicyclic) bond motifs is 3. The van der Waals surface area contributed by atoms with Crippen LogP contribution in [0.25, 0.3) is 44.4 Å². The van der Waals surface area contributed by atoms with E-state index < -0.39 is 0 Å². The summed E-state index contributed by atoms with van der Waals surface area (Å²) in [6.45, 7) is 27.0. The molecule has 0 fully saturated rings. The summed E-state index contributed by atoms with van der Waals surface area (Å²) in [6, 6.07) is 33.3. The van der Waals surface area contributed by atoms with Crippen LogP contribution in [0.2, 0.25) is 0 Å². The number of pyridine rings is 1. The van der Waals surface area contributed by atoms with Gasteiger partial charge in [0.15, 0.2) is 0 Å². The van der Waals surface area contributed by atoms with Gasteiger partial charge in [0.05, 0.1) is 5.69 Å². The first-order chi connectivity index (χ1) is 25.7. The first-order valence-electron chi connectivity index (χ1n) is 19.6. The molecule has 0 spiro atoms. The van der Waals surface area contributed by atoms with Crippen molar-refractivity contribution >= 4 is 21.8 Å². The van der Waals surface area contributed by atoms with E-state index in [-0.39, 0.29) is 27.0 Å². The van der Waals surface area contributed by atoms with Crippen LogP contribution in [0.1, 0.15) is 138 Å². The Labute approximate surface area is 342 Å². The molecule has 0 aliphatic carbocycles. The summed E-state index contributed by atoms with van der Waals surface area (Å²) in [6.07, 6.45) is 1.90. The molecule has 4 aromatic carbocycles. The van der Waals surface area contributed by atoms with Gasteiger partial charge < -0.3 is 9.30 Å². The monoisotopic (exact) mass is 909 g/mol. The number of hydrogen-bond acceptors (Lipinski definition) is 3. The van der Waals surface area contributed by atoms with E-state index in [1.165, 1.54) is 33.4 Å². The van der Waals surface area contributed by atoms with Crippen molar-refractivity contribution in [3.05, 3.63) is 130 Å². The van der Waals surface area contributed by atoms with Crippen molar-refractivity contribution in [1.29, 1.82) is 0 Å². The van der Waals surface area contributed by atoms with E-state index in [1.807, 2.05) is 12.3 Å². The number of nitrogens with zero attached hydrogens (tertiary/aromatic N) is 4. The quantitative estimate of drug-likeness (QED) is 0.128.